The van der Waals surface area contributed by atoms with Crippen molar-refractivity contribution in [2.45, 2.75) is 6.54 Å². The number of hydrogen-bond acceptors (Lipinski definition) is 8. The number of nitro groups is 1. The van der Waals surface area contributed by atoms with Crippen LogP contribution in [0.25, 0.3) is 16.8 Å². The fourth-order valence-electron chi connectivity index (χ4n) is 4.07. The smallest absolute Gasteiger partial charge is 0.343 e. The molecule has 0 atom stereocenters. The third kappa shape index (κ3) is 5.51. The summed E-state index contributed by atoms with van der Waals surface area (Å²) in [6.45, 7) is 0.155. The number of benzene rings is 4. The second-order valence-corrected chi connectivity index (χ2v) is 9.55. The Bertz CT molecular complexity index is 1680. The topological polar surface area (TPSA) is 116 Å². The molecule has 0 radical (unpaired) electrons. The van der Waals surface area contributed by atoms with E-state index in [0.29, 0.717) is 5.56 Å². The number of non-ortho nitro benzene ring substituents is 1. The van der Waals surface area contributed by atoms with Crippen molar-refractivity contribution in [3.8, 4) is 11.5 Å². The van der Waals surface area contributed by atoms with Gasteiger partial charge in [-0.3, -0.25) is 24.6 Å². The van der Waals surface area contributed by atoms with Gasteiger partial charge in [-0.25, -0.2) is 4.79 Å². The van der Waals surface area contributed by atoms with Crippen LogP contribution in [0.3, 0.4) is 0 Å². The van der Waals surface area contributed by atoms with Crippen LogP contribution in [0.4, 0.5) is 10.5 Å². The lowest BCUT2D eigenvalue weighted by atomic mass is 10.1. The first-order chi connectivity index (χ1) is 18.8. The molecule has 194 valence electrons. The summed E-state index contributed by atoms with van der Waals surface area (Å²) >= 11 is 0.846. The Morgan fingerprint density at radius 3 is 2.51 bits per heavy atom. The third-order valence-corrected chi connectivity index (χ3v) is 6.92. The summed E-state index contributed by atoms with van der Waals surface area (Å²) in [6, 6.07) is 23.5. The molecule has 10 heteroatoms. The van der Waals surface area contributed by atoms with Crippen LogP contribution in [0.15, 0.2) is 89.8 Å². The maximum absolute atomic E-state index is 13.1. The molecule has 0 saturated carbocycles. The number of hydrogen-bond donors (Lipinski definition) is 0. The normalized spacial score (nSPS) is 14.2. The van der Waals surface area contributed by atoms with Gasteiger partial charge in [0.2, 0.25) is 0 Å². The number of thioether (sulfide) groups is 1. The van der Waals surface area contributed by atoms with E-state index < -0.39 is 16.8 Å². The molecular formula is C29H20N2O7S. The molecule has 0 N–H and O–H groups in total. The summed E-state index contributed by atoms with van der Waals surface area (Å²) in [5.41, 5.74) is 1.17. The predicted molar refractivity (Wildman–Crippen MR) is 147 cm³/mol. The maximum atomic E-state index is 13.1. The molecule has 0 unspecified atom stereocenters. The Labute approximate surface area is 226 Å². The Hall–Kier alpha value is -4.96. The number of imide groups is 1. The van der Waals surface area contributed by atoms with E-state index in [0.717, 1.165) is 34.2 Å². The molecular weight excluding hydrogens is 520 g/mol. The fourth-order valence-corrected chi connectivity index (χ4v) is 4.91. The second-order valence-electron chi connectivity index (χ2n) is 8.56. The summed E-state index contributed by atoms with van der Waals surface area (Å²) in [6.07, 6.45) is 1.57. The van der Waals surface area contributed by atoms with Gasteiger partial charge in [0.1, 0.15) is 0 Å². The van der Waals surface area contributed by atoms with Gasteiger partial charge in [0.25, 0.3) is 16.8 Å². The van der Waals surface area contributed by atoms with Gasteiger partial charge in [0, 0.05) is 12.1 Å². The predicted octanol–water partition coefficient (Wildman–Crippen LogP) is 6.21. The minimum absolute atomic E-state index is 0.00965. The van der Waals surface area contributed by atoms with Crippen LogP contribution in [0, 0.1) is 10.1 Å². The molecule has 0 spiro atoms. The van der Waals surface area contributed by atoms with Crippen LogP contribution in [0.5, 0.6) is 11.5 Å². The lowest BCUT2D eigenvalue weighted by molar-refractivity contribution is -0.384. The first kappa shape index (κ1) is 25.7. The number of nitrogens with zero attached hydrogens (tertiary/aromatic N) is 2. The van der Waals surface area contributed by atoms with Crippen LogP contribution in [0.2, 0.25) is 0 Å². The number of ether oxygens (including phenoxy) is 2. The number of carbonyl (C=O) groups excluding carboxylic acids is 3. The van der Waals surface area contributed by atoms with Gasteiger partial charge in [-0.15, -0.1) is 0 Å². The Kier molecular flexibility index (Phi) is 7.11. The van der Waals surface area contributed by atoms with Gasteiger partial charge in [-0.1, -0.05) is 48.5 Å². The Balaban J connectivity index is 1.32. The molecule has 39 heavy (non-hydrogen) atoms. The van der Waals surface area contributed by atoms with Crippen molar-refractivity contribution >= 4 is 51.4 Å². The molecule has 4 aromatic rings. The van der Waals surface area contributed by atoms with Gasteiger partial charge in [-0.2, -0.15) is 0 Å². The minimum Gasteiger partial charge on any atom is -0.493 e. The highest BCUT2D eigenvalue weighted by molar-refractivity contribution is 8.18. The fraction of sp³-hybridized carbons (Fsp3) is 0.0690. The number of fused-ring (bicyclic) bond motifs is 1. The highest BCUT2D eigenvalue weighted by atomic mass is 32.2. The average Bonchev–Trinajstić information content (AvgIpc) is 3.20. The third-order valence-electron chi connectivity index (χ3n) is 6.01. The molecule has 9 nitrogen and oxygen atoms in total. The zero-order chi connectivity index (χ0) is 27.5. The van der Waals surface area contributed by atoms with Gasteiger partial charge in [0.15, 0.2) is 11.5 Å². The molecule has 1 aliphatic heterocycles. The van der Waals surface area contributed by atoms with Crippen LogP contribution >= 0.6 is 11.8 Å². The molecule has 0 bridgehead atoms. The standard InChI is InChI=1S/C29H20N2O7S/c1-37-25-14-18(10-12-24(25)38-28(33)22-7-4-8-23(16-22)31(35)36)15-26-27(32)30(29(34)39-26)17-19-9-11-20-5-2-3-6-21(20)13-19/h2-16H,17H2,1H3/b26-15-. The average molecular weight is 541 g/mol. The van der Waals surface area contributed by atoms with Crippen molar-refractivity contribution in [3.63, 3.8) is 0 Å². The molecule has 0 aromatic heterocycles. The molecule has 2 amide bonds. The van der Waals surface area contributed by atoms with E-state index in [1.807, 2.05) is 42.5 Å². The van der Waals surface area contributed by atoms with E-state index >= 15 is 0 Å². The number of nitro benzene ring substituents is 1. The number of rotatable bonds is 7. The summed E-state index contributed by atoms with van der Waals surface area (Å²) in [5, 5.41) is 12.7. The summed E-state index contributed by atoms with van der Waals surface area (Å²) in [5.74, 6) is -0.897. The lowest BCUT2D eigenvalue weighted by Gasteiger charge is -2.13. The van der Waals surface area contributed by atoms with Crippen LogP contribution in [-0.2, 0) is 11.3 Å². The second kappa shape index (κ2) is 10.8. The molecule has 5 rings (SSSR count). The quantitative estimate of drug-likeness (QED) is 0.0893. The Morgan fingerprint density at radius 2 is 1.74 bits per heavy atom. The highest BCUT2D eigenvalue weighted by Crippen LogP contribution is 2.36. The first-order valence-electron chi connectivity index (χ1n) is 11.7. The number of carbonyl (C=O) groups is 3. The summed E-state index contributed by atoms with van der Waals surface area (Å²) in [7, 11) is 1.39. The molecule has 0 aliphatic carbocycles. The molecule has 1 heterocycles. The van der Waals surface area contributed by atoms with Crippen molar-refractivity contribution in [1.82, 2.24) is 4.90 Å². The van der Waals surface area contributed by atoms with Crippen molar-refractivity contribution in [2.75, 3.05) is 7.11 Å². The van der Waals surface area contributed by atoms with Crippen LogP contribution < -0.4 is 9.47 Å². The van der Waals surface area contributed by atoms with Gasteiger partial charge in [0.05, 0.1) is 29.0 Å². The van der Waals surface area contributed by atoms with Crippen molar-refractivity contribution in [3.05, 3.63) is 117 Å². The van der Waals surface area contributed by atoms with E-state index in [1.54, 1.807) is 18.2 Å². The van der Waals surface area contributed by atoms with Crippen LogP contribution in [0.1, 0.15) is 21.5 Å². The van der Waals surface area contributed by atoms with E-state index in [1.165, 1.54) is 36.3 Å². The summed E-state index contributed by atoms with van der Waals surface area (Å²) < 4.78 is 10.7. The minimum atomic E-state index is -0.792. The molecule has 1 aliphatic rings. The zero-order valence-electron chi connectivity index (χ0n) is 20.5. The SMILES string of the molecule is COc1cc(/C=C2\SC(=O)N(Cc3ccc4ccccc4c3)C2=O)ccc1OC(=O)c1cccc([N+](=O)[O-])c1. The van der Waals surface area contributed by atoms with E-state index in [4.69, 9.17) is 9.47 Å². The number of esters is 1. The van der Waals surface area contributed by atoms with Gasteiger partial charge >= 0.3 is 5.97 Å². The molecule has 1 fully saturated rings. The van der Waals surface area contributed by atoms with Crippen molar-refractivity contribution in [2.24, 2.45) is 0 Å². The number of methoxy groups -OCH3 is 1. The maximum Gasteiger partial charge on any atom is 0.343 e. The Morgan fingerprint density at radius 1 is 0.949 bits per heavy atom. The van der Waals surface area contributed by atoms with Crippen molar-refractivity contribution < 1.29 is 28.8 Å². The molecule has 1 saturated heterocycles. The van der Waals surface area contributed by atoms with Crippen LogP contribution in [-0.4, -0.2) is 34.0 Å². The summed E-state index contributed by atoms with van der Waals surface area (Å²) in [4.78, 5) is 50.1. The first-order valence-corrected chi connectivity index (χ1v) is 12.5. The highest BCUT2D eigenvalue weighted by Gasteiger charge is 2.35. The van der Waals surface area contributed by atoms with Gasteiger partial charge in [-0.05, 0) is 64.0 Å². The van der Waals surface area contributed by atoms with Gasteiger partial charge < -0.3 is 9.47 Å². The number of amides is 2. The van der Waals surface area contributed by atoms with E-state index in [9.17, 15) is 24.5 Å². The monoisotopic (exact) mass is 540 g/mol. The van der Waals surface area contributed by atoms with E-state index in [-0.39, 0.29) is 39.4 Å². The van der Waals surface area contributed by atoms with Crippen molar-refractivity contribution in [1.29, 1.82) is 0 Å². The zero-order valence-corrected chi connectivity index (χ0v) is 21.3. The largest absolute Gasteiger partial charge is 0.493 e. The van der Waals surface area contributed by atoms with E-state index in [2.05, 4.69) is 0 Å². The lowest BCUT2D eigenvalue weighted by Crippen LogP contribution is -2.27. The molecule has 4 aromatic carbocycles.